The Morgan fingerprint density at radius 1 is 1.00 bits per heavy atom. The molecule has 98 valence electrons. The molecule has 1 aliphatic heterocycles. The molecular formula is C18H15NO. The molecule has 1 heterocycles. The van der Waals surface area contributed by atoms with Crippen molar-refractivity contribution >= 4 is 11.9 Å². The monoisotopic (exact) mass is 261 g/mol. The summed E-state index contributed by atoms with van der Waals surface area (Å²) < 4.78 is 0. The van der Waals surface area contributed by atoms with Crippen LogP contribution in [0.5, 0.6) is 0 Å². The lowest BCUT2D eigenvalue weighted by atomic mass is 9.97. The summed E-state index contributed by atoms with van der Waals surface area (Å²) in [6.07, 6.45) is 7.52. The van der Waals surface area contributed by atoms with Crippen LogP contribution < -0.4 is 5.32 Å². The van der Waals surface area contributed by atoms with Crippen molar-refractivity contribution in [1.82, 2.24) is 5.32 Å². The highest BCUT2D eigenvalue weighted by atomic mass is 16.1. The van der Waals surface area contributed by atoms with Crippen LogP contribution in [-0.2, 0) is 0 Å². The Hall–Kier alpha value is -2.61. The minimum absolute atomic E-state index is 0.0273. The SMILES string of the molecule is O=C(/C=C\[C@H]1NC=Cc2ccccc21)c1ccccc1. The van der Waals surface area contributed by atoms with E-state index in [1.165, 1.54) is 11.1 Å². The number of hydrogen-bond acceptors (Lipinski definition) is 2. The van der Waals surface area contributed by atoms with Crippen LogP contribution >= 0.6 is 0 Å². The minimum Gasteiger partial charge on any atom is -0.381 e. The molecule has 3 rings (SSSR count). The zero-order valence-corrected chi connectivity index (χ0v) is 11.0. The molecule has 0 radical (unpaired) electrons. The highest BCUT2D eigenvalue weighted by Crippen LogP contribution is 2.24. The summed E-state index contributed by atoms with van der Waals surface area (Å²) in [6.45, 7) is 0. The second kappa shape index (κ2) is 5.57. The third-order valence-corrected chi connectivity index (χ3v) is 3.37. The van der Waals surface area contributed by atoms with Crippen molar-refractivity contribution in [2.24, 2.45) is 0 Å². The second-order valence-electron chi connectivity index (χ2n) is 4.70. The number of fused-ring (bicyclic) bond motifs is 1. The van der Waals surface area contributed by atoms with Gasteiger partial charge in [-0.3, -0.25) is 4.79 Å². The first-order valence-electron chi connectivity index (χ1n) is 6.64. The Balaban J connectivity index is 1.80. The Labute approximate surface area is 118 Å². The first-order chi connectivity index (χ1) is 9.84. The number of rotatable bonds is 3. The first-order valence-corrected chi connectivity index (χ1v) is 6.64. The van der Waals surface area contributed by atoms with Crippen LogP contribution in [0.4, 0.5) is 0 Å². The van der Waals surface area contributed by atoms with Crippen molar-refractivity contribution in [2.45, 2.75) is 6.04 Å². The van der Waals surface area contributed by atoms with E-state index in [4.69, 9.17) is 0 Å². The molecule has 1 atom stereocenters. The fourth-order valence-electron chi connectivity index (χ4n) is 2.32. The Morgan fingerprint density at radius 2 is 1.75 bits per heavy atom. The summed E-state index contributed by atoms with van der Waals surface area (Å²) in [4.78, 5) is 12.1. The van der Waals surface area contributed by atoms with E-state index in [1.54, 1.807) is 6.08 Å². The summed E-state index contributed by atoms with van der Waals surface area (Å²) in [5, 5.41) is 3.26. The van der Waals surface area contributed by atoms with Crippen LogP contribution in [0, 0.1) is 0 Å². The van der Waals surface area contributed by atoms with Gasteiger partial charge in [-0.25, -0.2) is 0 Å². The van der Waals surface area contributed by atoms with Crippen molar-refractivity contribution in [3.8, 4) is 0 Å². The van der Waals surface area contributed by atoms with Gasteiger partial charge in [0.1, 0.15) is 0 Å². The van der Waals surface area contributed by atoms with Crippen LogP contribution in [0.3, 0.4) is 0 Å². The van der Waals surface area contributed by atoms with Gasteiger partial charge < -0.3 is 5.32 Å². The molecule has 2 heteroatoms. The van der Waals surface area contributed by atoms with E-state index in [-0.39, 0.29) is 11.8 Å². The zero-order valence-electron chi connectivity index (χ0n) is 11.0. The van der Waals surface area contributed by atoms with Crippen LogP contribution in [-0.4, -0.2) is 5.78 Å². The quantitative estimate of drug-likeness (QED) is 0.673. The highest BCUT2D eigenvalue weighted by molar-refractivity contribution is 6.04. The fourth-order valence-corrected chi connectivity index (χ4v) is 2.32. The van der Waals surface area contributed by atoms with Crippen molar-refractivity contribution in [3.63, 3.8) is 0 Å². The van der Waals surface area contributed by atoms with Crippen LogP contribution in [0.1, 0.15) is 27.5 Å². The average Bonchev–Trinajstić information content (AvgIpc) is 2.53. The number of nitrogens with one attached hydrogen (secondary N) is 1. The van der Waals surface area contributed by atoms with Gasteiger partial charge in [0, 0.05) is 5.56 Å². The maximum atomic E-state index is 12.1. The lowest BCUT2D eigenvalue weighted by Gasteiger charge is -2.20. The Morgan fingerprint density at radius 3 is 2.60 bits per heavy atom. The third-order valence-electron chi connectivity index (χ3n) is 3.37. The Bertz CT molecular complexity index is 671. The van der Waals surface area contributed by atoms with E-state index >= 15 is 0 Å². The average molecular weight is 261 g/mol. The summed E-state index contributed by atoms with van der Waals surface area (Å²) >= 11 is 0. The molecule has 0 amide bonds. The standard InChI is InChI=1S/C18H15NO/c20-18(15-7-2-1-3-8-15)11-10-17-16-9-5-4-6-14(16)12-13-19-17/h1-13,17,19H/b11-10-/t17-/m1/s1. The molecule has 20 heavy (non-hydrogen) atoms. The molecule has 1 aliphatic rings. The van der Waals surface area contributed by atoms with Gasteiger partial charge in [-0.2, -0.15) is 0 Å². The summed E-state index contributed by atoms with van der Waals surface area (Å²) in [5.41, 5.74) is 3.09. The van der Waals surface area contributed by atoms with Crippen molar-refractivity contribution in [3.05, 3.63) is 89.6 Å². The number of carbonyl (C=O) groups excluding carboxylic acids is 1. The molecular weight excluding hydrogens is 246 g/mol. The normalized spacial score (nSPS) is 16.7. The van der Waals surface area contributed by atoms with Crippen molar-refractivity contribution in [1.29, 1.82) is 0 Å². The van der Waals surface area contributed by atoms with Gasteiger partial charge in [0.25, 0.3) is 0 Å². The molecule has 0 spiro atoms. The number of ketones is 1. The first kappa shape index (κ1) is 12.4. The van der Waals surface area contributed by atoms with Crippen molar-refractivity contribution < 1.29 is 4.79 Å². The van der Waals surface area contributed by atoms with Crippen LogP contribution in [0.2, 0.25) is 0 Å². The van der Waals surface area contributed by atoms with Gasteiger partial charge in [-0.05, 0) is 29.5 Å². The van der Waals surface area contributed by atoms with E-state index in [0.717, 1.165) is 0 Å². The Kier molecular flexibility index (Phi) is 3.46. The number of hydrogen-bond donors (Lipinski definition) is 1. The van der Waals surface area contributed by atoms with Gasteiger partial charge in [0.2, 0.25) is 0 Å². The third kappa shape index (κ3) is 2.54. The van der Waals surface area contributed by atoms with Crippen LogP contribution in [0.25, 0.3) is 6.08 Å². The fraction of sp³-hybridized carbons (Fsp3) is 0.0556. The summed E-state index contributed by atoms with van der Waals surface area (Å²) in [7, 11) is 0. The minimum atomic E-state index is 0.0273. The highest BCUT2D eigenvalue weighted by Gasteiger charge is 2.13. The maximum absolute atomic E-state index is 12.1. The molecule has 2 aromatic carbocycles. The molecule has 1 N–H and O–H groups in total. The maximum Gasteiger partial charge on any atom is 0.185 e. The second-order valence-corrected chi connectivity index (χ2v) is 4.70. The molecule has 0 fully saturated rings. The van der Waals surface area contributed by atoms with E-state index in [9.17, 15) is 4.79 Å². The van der Waals surface area contributed by atoms with E-state index in [0.29, 0.717) is 5.56 Å². The van der Waals surface area contributed by atoms with Gasteiger partial charge in [0.15, 0.2) is 5.78 Å². The number of carbonyl (C=O) groups is 1. The molecule has 0 aromatic heterocycles. The van der Waals surface area contributed by atoms with Gasteiger partial charge >= 0.3 is 0 Å². The number of benzene rings is 2. The number of allylic oxidation sites excluding steroid dienone is 1. The zero-order chi connectivity index (χ0) is 13.8. The van der Waals surface area contributed by atoms with Crippen LogP contribution in [0.15, 0.2) is 72.9 Å². The topological polar surface area (TPSA) is 29.1 Å². The molecule has 0 saturated carbocycles. The molecule has 2 aromatic rings. The summed E-state index contributed by atoms with van der Waals surface area (Å²) in [5.74, 6) is 0.0273. The van der Waals surface area contributed by atoms with E-state index in [2.05, 4.69) is 17.4 Å². The molecule has 2 nitrogen and oxygen atoms in total. The predicted octanol–water partition coefficient (Wildman–Crippen LogP) is 3.74. The molecule has 0 unspecified atom stereocenters. The molecule has 0 saturated heterocycles. The summed E-state index contributed by atoms with van der Waals surface area (Å²) in [6, 6.07) is 17.5. The van der Waals surface area contributed by atoms with Gasteiger partial charge in [0.05, 0.1) is 6.04 Å². The molecule has 0 bridgehead atoms. The lowest BCUT2D eigenvalue weighted by molar-refractivity contribution is 0.104. The van der Waals surface area contributed by atoms with Gasteiger partial charge in [-0.1, -0.05) is 60.7 Å². The molecule has 0 aliphatic carbocycles. The smallest absolute Gasteiger partial charge is 0.185 e. The lowest BCUT2D eigenvalue weighted by Crippen LogP contribution is -2.17. The van der Waals surface area contributed by atoms with E-state index < -0.39 is 0 Å². The van der Waals surface area contributed by atoms with Gasteiger partial charge in [-0.15, -0.1) is 0 Å². The van der Waals surface area contributed by atoms with Crippen molar-refractivity contribution in [2.75, 3.05) is 0 Å². The largest absolute Gasteiger partial charge is 0.381 e. The van der Waals surface area contributed by atoms with E-state index in [1.807, 2.05) is 60.8 Å². The predicted molar refractivity (Wildman–Crippen MR) is 81.3 cm³/mol.